The topological polar surface area (TPSA) is 144 Å². The van der Waals surface area contributed by atoms with Gasteiger partial charge in [-0.1, -0.05) is 11.6 Å². The van der Waals surface area contributed by atoms with Crippen molar-refractivity contribution in [2.45, 2.75) is 52.7 Å². The summed E-state index contributed by atoms with van der Waals surface area (Å²) in [5.41, 5.74) is 4.65. The van der Waals surface area contributed by atoms with Crippen molar-refractivity contribution in [1.29, 1.82) is 5.41 Å². The molecule has 2 aromatic carbocycles. The molecular formula is C24H29ClN4O6. The van der Waals surface area contributed by atoms with Gasteiger partial charge in [-0.15, -0.1) is 0 Å². The number of hydrogen-bond acceptors (Lipinski definition) is 8. The Morgan fingerprint density at radius 1 is 0.943 bits per heavy atom. The predicted molar refractivity (Wildman–Crippen MR) is 133 cm³/mol. The number of halogens is 1. The molecule has 0 aromatic heterocycles. The second kappa shape index (κ2) is 10.6. The third-order valence-corrected chi connectivity index (χ3v) is 4.29. The zero-order valence-corrected chi connectivity index (χ0v) is 21.1. The molecule has 0 heterocycles. The Morgan fingerprint density at radius 2 is 1.51 bits per heavy atom. The number of ether oxygens (including phenoxy) is 3. The zero-order chi connectivity index (χ0) is 26.6. The van der Waals surface area contributed by atoms with Crippen LogP contribution in [0.15, 0.2) is 42.5 Å². The van der Waals surface area contributed by atoms with Crippen LogP contribution in [-0.4, -0.2) is 35.3 Å². The fourth-order valence-electron chi connectivity index (χ4n) is 2.57. The van der Waals surface area contributed by atoms with Gasteiger partial charge in [0, 0.05) is 6.07 Å². The molecule has 0 bridgehead atoms. The van der Waals surface area contributed by atoms with Gasteiger partial charge in [0.2, 0.25) is 5.96 Å². The van der Waals surface area contributed by atoms with Gasteiger partial charge in [-0.2, -0.15) is 0 Å². The molecule has 0 saturated heterocycles. The highest BCUT2D eigenvalue weighted by atomic mass is 35.5. The van der Waals surface area contributed by atoms with Crippen molar-refractivity contribution in [3.8, 4) is 5.75 Å². The van der Waals surface area contributed by atoms with Gasteiger partial charge >= 0.3 is 18.2 Å². The summed E-state index contributed by atoms with van der Waals surface area (Å²) in [6.45, 7) is 9.98. The number of carbonyl (C=O) groups excluding carboxylic acids is 3. The fraction of sp³-hybridized carbons (Fsp3) is 0.333. The predicted octanol–water partition coefficient (Wildman–Crippen LogP) is 5.34. The van der Waals surface area contributed by atoms with Crippen molar-refractivity contribution < 1.29 is 28.6 Å². The molecule has 0 saturated carbocycles. The average Bonchev–Trinajstić information content (AvgIpc) is 2.68. The second-order valence-electron chi connectivity index (χ2n) is 9.41. The minimum absolute atomic E-state index is 0.160. The smallest absolute Gasteiger partial charge is 0.421 e. The van der Waals surface area contributed by atoms with Crippen molar-refractivity contribution in [2.24, 2.45) is 0 Å². The molecule has 2 aromatic rings. The van der Waals surface area contributed by atoms with E-state index < -0.39 is 35.3 Å². The molecule has 188 valence electrons. The number of anilines is 2. The van der Waals surface area contributed by atoms with Crippen LogP contribution in [0.3, 0.4) is 0 Å². The molecule has 11 heteroatoms. The van der Waals surface area contributed by atoms with Crippen LogP contribution in [0.5, 0.6) is 5.75 Å². The summed E-state index contributed by atoms with van der Waals surface area (Å²) < 4.78 is 15.8. The lowest BCUT2D eigenvalue weighted by molar-refractivity contribution is 0.0558. The number of nitrogens with zero attached hydrogens (tertiary/aromatic N) is 1. The minimum atomic E-state index is -0.918. The second-order valence-corrected chi connectivity index (χ2v) is 9.82. The monoisotopic (exact) mass is 504 g/mol. The number of nitrogens with two attached hydrogens (primary N) is 1. The third-order valence-electron chi connectivity index (χ3n) is 3.96. The molecule has 0 aliphatic rings. The quantitative estimate of drug-likeness (QED) is 0.168. The fourth-order valence-corrected chi connectivity index (χ4v) is 2.74. The van der Waals surface area contributed by atoms with E-state index in [2.05, 4.69) is 5.32 Å². The maximum absolute atomic E-state index is 12.8. The van der Waals surface area contributed by atoms with Crippen LogP contribution < -0.4 is 20.7 Å². The number of hydrogen-bond donors (Lipinski definition) is 3. The van der Waals surface area contributed by atoms with Gasteiger partial charge in [0.1, 0.15) is 17.0 Å². The number of nitrogen functional groups attached to an aromatic ring is 1. The summed E-state index contributed by atoms with van der Waals surface area (Å²) in [5, 5.41) is 10.7. The van der Waals surface area contributed by atoms with Gasteiger partial charge in [0.05, 0.1) is 22.0 Å². The number of carbonyl (C=O) groups is 3. The summed E-state index contributed by atoms with van der Waals surface area (Å²) in [4.78, 5) is 38.3. The number of esters is 1. The van der Waals surface area contributed by atoms with E-state index in [4.69, 9.17) is 37.0 Å². The normalized spacial score (nSPS) is 11.3. The Bertz CT molecular complexity index is 1120. The third kappa shape index (κ3) is 8.49. The summed E-state index contributed by atoms with van der Waals surface area (Å²) in [6.07, 6.45) is -1.83. The molecule has 0 unspecified atom stereocenters. The molecule has 2 amide bonds. The number of guanidine groups is 1. The summed E-state index contributed by atoms with van der Waals surface area (Å²) in [7, 11) is 0. The van der Waals surface area contributed by atoms with E-state index in [1.165, 1.54) is 42.5 Å². The number of nitrogens with one attached hydrogen (secondary N) is 2. The van der Waals surface area contributed by atoms with Crippen molar-refractivity contribution in [3.63, 3.8) is 0 Å². The van der Waals surface area contributed by atoms with Crippen molar-refractivity contribution in [3.05, 3.63) is 53.1 Å². The van der Waals surface area contributed by atoms with Gasteiger partial charge in [-0.3, -0.25) is 10.7 Å². The maximum atomic E-state index is 12.8. The number of benzene rings is 2. The van der Waals surface area contributed by atoms with Crippen molar-refractivity contribution >= 4 is 47.1 Å². The number of amides is 2. The first-order valence-electron chi connectivity index (χ1n) is 10.5. The number of rotatable bonds is 3. The molecule has 2 rings (SSSR count). The van der Waals surface area contributed by atoms with Crippen LogP contribution >= 0.6 is 11.6 Å². The first-order valence-corrected chi connectivity index (χ1v) is 10.9. The van der Waals surface area contributed by atoms with Gasteiger partial charge in [0.15, 0.2) is 0 Å². The average molecular weight is 505 g/mol. The Morgan fingerprint density at radius 3 is 2.03 bits per heavy atom. The van der Waals surface area contributed by atoms with E-state index in [0.29, 0.717) is 5.69 Å². The molecule has 0 radical (unpaired) electrons. The van der Waals surface area contributed by atoms with Crippen LogP contribution in [-0.2, 0) is 9.47 Å². The van der Waals surface area contributed by atoms with Gasteiger partial charge in [-0.25, -0.2) is 19.3 Å². The number of alkyl carbamates (subject to hydrolysis) is 1. The zero-order valence-electron chi connectivity index (χ0n) is 20.4. The van der Waals surface area contributed by atoms with Gasteiger partial charge in [0.25, 0.3) is 0 Å². The lowest BCUT2D eigenvalue weighted by Crippen LogP contribution is -2.49. The molecule has 0 fully saturated rings. The summed E-state index contributed by atoms with van der Waals surface area (Å²) in [6, 6.07) is 10.0. The molecule has 0 aliphatic carbocycles. The van der Waals surface area contributed by atoms with Gasteiger partial charge in [-0.05, 0) is 77.9 Å². The summed E-state index contributed by atoms with van der Waals surface area (Å²) >= 11 is 5.95. The maximum Gasteiger partial charge on any atom is 0.421 e. The first kappa shape index (κ1) is 27.5. The van der Waals surface area contributed by atoms with Crippen LogP contribution in [0.2, 0.25) is 5.02 Å². The Balaban J connectivity index is 2.26. The largest absolute Gasteiger partial charge is 0.444 e. The first-order chi connectivity index (χ1) is 16.1. The molecule has 0 spiro atoms. The Hall–Kier alpha value is -3.79. The van der Waals surface area contributed by atoms with E-state index in [0.717, 1.165) is 4.90 Å². The Kier molecular flexibility index (Phi) is 8.35. The van der Waals surface area contributed by atoms with Crippen LogP contribution in [0, 0.1) is 5.41 Å². The van der Waals surface area contributed by atoms with E-state index >= 15 is 0 Å². The highest BCUT2D eigenvalue weighted by Gasteiger charge is 2.29. The summed E-state index contributed by atoms with van der Waals surface area (Å²) in [5.74, 6) is -1.07. The molecule has 10 nitrogen and oxygen atoms in total. The Labute approximate surface area is 208 Å². The molecule has 0 aliphatic heterocycles. The van der Waals surface area contributed by atoms with Crippen LogP contribution in [0.25, 0.3) is 0 Å². The highest BCUT2D eigenvalue weighted by Crippen LogP contribution is 2.25. The van der Waals surface area contributed by atoms with Crippen molar-refractivity contribution in [1.82, 2.24) is 5.32 Å². The standard InChI is InChI=1S/C24H29ClN4O6/c1-23(2,3)34-21(31)28-20(27)29(22(32)35-24(4,5)6)15-9-7-14(8-10-15)19(30)33-16-11-12-18(26)17(25)13-16/h7-13H,26H2,1-6H3,(H2,27,28,31). The lowest BCUT2D eigenvalue weighted by atomic mass is 10.2. The van der Waals surface area contributed by atoms with Crippen LogP contribution in [0.1, 0.15) is 51.9 Å². The van der Waals surface area contributed by atoms with E-state index in [1.807, 2.05) is 0 Å². The highest BCUT2D eigenvalue weighted by molar-refractivity contribution is 6.33. The van der Waals surface area contributed by atoms with Gasteiger partial charge < -0.3 is 19.9 Å². The lowest BCUT2D eigenvalue weighted by Gasteiger charge is -2.28. The van der Waals surface area contributed by atoms with Crippen molar-refractivity contribution in [2.75, 3.05) is 10.6 Å². The van der Waals surface area contributed by atoms with E-state index in [1.54, 1.807) is 41.5 Å². The van der Waals surface area contributed by atoms with E-state index in [9.17, 15) is 14.4 Å². The van der Waals surface area contributed by atoms with E-state index in [-0.39, 0.29) is 22.0 Å². The van der Waals surface area contributed by atoms with Crippen LogP contribution in [0.4, 0.5) is 21.0 Å². The molecule has 4 N–H and O–H groups in total. The SMILES string of the molecule is CC(C)(C)OC(=O)NC(=N)N(C(=O)OC(C)(C)C)c1ccc(C(=O)Oc2ccc(N)c(Cl)c2)cc1. The minimum Gasteiger partial charge on any atom is -0.444 e. The molecule has 0 atom stereocenters. The molecular weight excluding hydrogens is 476 g/mol. The molecule has 35 heavy (non-hydrogen) atoms.